The zero-order valence-corrected chi connectivity index (χ0v) is 14.5. The minimum absolute atomic E-state index is 0.295. The molecule has 0 spiro atoms. The van der Waals surface area contributed by atoms with Gasteiger partial charge in [0, 0.05) is 22.3 Å². The molecule has 0 aliphatic carbocycles. The highest BCUT2D eigenvalue weighted by molar-refractivity contribution is 5.88. The Balaban J connectivity index is 2.32. The lowest BCUT2D eigenvalue weighted by Gasteiger charge is -2.35. The number of hydrogen-bond donors (Lipinski definition) is 0. The van der Waals surface area contributed by atoms with Crippen molar-refractivity contribution in [2.24, 2.45) is 0 Å². The molecule has 0 saturated carbocycles. The summed E-state index contributed by atoms with van der Waals surface area (Å²) in [6.07, 6.45) is 0. The lowest BCUT2D eigenvalue weighted by Crippen LogP contribution is -2.35. The molecule has 0 bridgehead atoms. The van der Waals surface area contributed by atoms with Gasteiger partial charge in [-0.05, 0) is 19.1 Å². The third-order valence-electron chi connectivity index (χ3n) is 4.21. The van der Waals surface area contributed by atoms with Crippen LogP contribution in [-0.2, 0) is 15.1 Å². The highest BCUT2D eigenvalue weighted by Gasteiger charge is 2.40. The Morgan fingerprint density at radius 1 is 0.808 bits per heavy atom. The van der Waals surface area contributed by atoms with Crippen molar-refractivity contribution in [2.45, 2.75) is 12.5 Å². The lowest BCUT2D eigenvalue weighted by molar-refractivity contribution is -0.148. The number of carbonyl (C=O) groups excluding carboxylic acids is 1. The second-order valence-electron chi connectivity index (χ2n) is 6.09. The zero-order valence-electron chi connectivity index (χ0n) is 14.5. The molecule has 130 valence electrons. The Labute approximate surface area is 152 Å². The Hall–Kier alpha value is -3.20. The second kappa shape index (κ2) is 7.36. The average molecular weight is 346 g/mol. The van der Waals surface area contributed by atoms with Gasteiger partial charge in [0.15, 0.2) is 5.60 Å². The van der Waals surface area contributed by atoms with Crippen molar-refractivity contribution < 1.29 is 13.9 Å². The fraction of sp³-hybridized carbons (Fsp3) is 0.0870. The van der Waals surface area contributed by atoms with E-state index in [4.69, 9.17) is 4.74 Å². The van der Waals surface area contributed by atoms with Crippen molar-refractivity contribution in [3.63, 3.8) is 0 Å². The number of esters is 1. The van der Waals surface area contributed by atoms with Crippen LogP contribution >= 0.6 is 0 Å². The van der Waals surface area contributed by atoms with E-state index in [2.05, 4.69) is 6.58 Å². The van der Waals surface area contributed by atoms with E-state index >= 15 is 0 Å². The van der Waals surface area contributed by atoms with Gasteiger partial charge in [0.1, 0.15) is 5.82 Å². The topological polar surface area (TPSA) is 26.3 Å². The molecule has 2 nitrogen and oxygen atoms in total. The molecule has 0 aliphatic heterocycles. The summed E-state index contributed by atoms with van der Waals surface area (Å²) < 4.78 is 19.6. The van der Waals surface area contributed by atoms with Gasteiger partial charge in [0.25, 0.3) is 0 Å². The first-order valence-corrected chi connectivity index (χ1v) is 8.30. The van der Waals surface area contributed by atoms with Gasteiger partial charge in [0.05, 0.1) is 0 Å². The van der Waals surface area contributed by atoms with Gasteiger partial charge in [-0.3, -0.25) is 0 Å². The van der Waals surface area contributed by atoms with Gasteiger partial charge in [-0.25, -0.2) is 9.18 Å². The molecule has 0 N–H and O–H groups in total. The van der Waals surface area contributed by atoms with Crippen LogP contribution in [0.3, 0.4) is 0 Å². The van der Waals surface area contributed by atoms with E-state index in [-0.39, 0.29) is 5.82 Å². The van der Waals surface area contributed by atoms with Gasteiger partial charge in [-0.1, -0.05) is 79.4 Å². The number of hydrogen-bond acceptors (Lipinski definition) is 2. The molecule has 0 unspecified atom stereocenters. The van der Waals surface area contributed by atoms with Gasteiger partial charge in [-0.2, -0.15) is 0 Å². The number of halogens is 1. The SMILES string of the molecule is C=C(C)C(=O)OC(c1ccccc1)(c1ccccc1)c1ccc(F)cc1. The molecule has 3 rings (SSSR count). The summed E-state index contributed by atoms with van der Waals surface area (Å²) in [5, 5.41) is 0. The van der Waals surface area contributed by atoms with Crippen LogP contribution in [0, 0.1) is 5.82 Å². The van der Waals surface area contributed by atoms with Crippen molar-refractivity contribution in [1.82, 2.24) is 0 Å². The Morgan fingerprint density at radius 3 is 1.65 bits per heavy atom. The molecule has 0 atom stereocenters. The van der Waals surface area contributed by atoms with E-state index < -0.39 is 11.6 Å². The highest BCUT2D eigenvalue weighted by Crippen LogP contribution is 2.41. The van der Waals surface area contributed by atoms with E-state index in [1.807, 2.05) is 60.7 Å². The van der Waals surface area contributed by atoms with Crippen LogP contribution in [0.25, 0.3) is 0 Å². The smallest absolute Gasteiger partial charge is 0.334 e. The average Bonchev–Trinajstić information content (AvgIpc) is 2.68. The molecule has 0 amide bonds. The van der Waals surface area contributed by atoms with Crippen molar-refractivity contribution in [1.29, 1.82) is 0 Å². The first-order valence-electron chi connectivity index (χ1n) is 8.30. The maximum absolute atomic E-state index is 13.5. The van der Waals surface area contributed by atoms with Crippen molar-refractivity contribution in [3.8, 4) is 0 Å². The molecule has 0 aliphatic rings. The minimum atomic E-state index is -1.20. The molecule has 0 fully saturated rings. The molecular weight excluding hydrogens is 327 g/mol. The van der Waals surface area contributed by atoms with Crippen LogP contribution in [0.5, 0.6) is 0 Å². The predicted octanol–water partition coefficient (Wildman–Crippen LogP) is 5.24. The summed E-state index contributed by atoms with van der Waals surface area (Å²) in [7, 11) is 0. The Bertz CT molecular complexity index is 860. The third-order valence-corrected chi connectivity index (χ3v) is 4.21. The monoisotopic (exact) mass is 346 g/mol. The van der Waals surface area contributed by atoms with E-state index in [1.54, 1.807) is 19.1 Å². The van der Waals surface area contributed by atoms with Crippen molar-refractivity contribution >= 4 is 5.97 Å². The maximum Gasteiger partial charge on any atom is 0.334 e. The second-order valence-corrected chi connectivity index (χ2v) is 6.09. The summed E-state index contributed by atoms with van der Waals surface area (Å²) in [5.74, 6) is -0.864. The van der Waals surface area contributed by atoms with Gasteiger partial charge in [0.2, 0.25) is 0 Å². The van der Waals surface area contributed by atoms with Crippen LogP contribution in [0.1, 0.15) is 23.6 Å². The first-order chi connectivity index (χ1) is 12.5. The van der Waals surface area contributed by atoms with Gasteiger partial charge >= 0.3 is 5.97 Å². The van der Waals surface area contributed by atoms with Crippen LogP contribution in [0.4, 0.5) is 4.39 Å². The van der Waals surface area contributed by atoms with Gasteiger partial charge < -0.3 is 4.74 Å². The number of ether oxygens (including phenoxy) is 1. The number of carbonyl (C=O) groups is 1. The van der Waals surface area contributed by atoms with Crippen molar-refractivity contribution in [2.75, 3.05) is 0 Å². The fourth-order valence-corrected chi connectivity index (χ4v) is 2.93. The quantitative estimate of drug-likeness (QED) is 0.359. The Morgan fingerprint density at radius 2 is 1.23 bits per heavy atom. The van der Waals surface area contributed by atoms with Crippen LogP contribution in [0.15, 0.2) is 97.1 Å². The van der Waals surface area contributed by atoms with Crippen LogP contribution in [-0.4, -0.2) is 5.97 Å². The van der Waals surface area contributed by atoms with E-state index in [0.717, 1.165) is 11.1 Å². The third kappa shape index (κ3) is 3.29. The molecule has 26 heavy (non-hydrogen) atoms. The summed E-state index contributed by atoms with van der Waals surface area (Å²) in [6, 6.07) is 24.9. The largest absolute Gasteiger partial charge is 0.441 e. The normalized spacial score (nSPS) is 11.0. The molecule has 0 heterocycles. The van der Waals surface area contributed by atoms with Crippen LogP contribution in [0.2, 0.25) is 0 Å². The predicted molar refractivity (Wildman–Crippen MR) is 100 cm³/mol. The summed E-state index contributed by atoms with van der Waals surface area (Å²) >= 11 is 0. The first kappa shape index (κ1) is 17.6. The molecule has 0 radical (unpaired) electrons. The molecule has 3 heteroatoms. The summed E-state index contributed by atoms with van der Waals surface area (Å²) in [6.45, 7) is 5.30. The highest BCUT2D eigenvalue weighted by atomic mass is 19.1. The summed E-state index contributed by atoms with van der Waals surface area (Å²) in [4.78, 5) is 12.5. The minimum Gasteiger partial charge on any atom is -0.441 e. The summed E-state index contributed by atoms with van der Waals surface area (Å²) in [5.41, 5.74) is 1.29. The molecule has 0 aromatic heterocycles. The van der Waals surface area contributed by atoms with E-state index in [9.17, 15) is 9.18 Å². The van der Waals surface area contributed by atoms with Crippen molar-refractivity contribution in [3.05, 3.63) is 120 Å². The fourth-order valence-electron chi connectivity index (χ4n) is 2.93. The van der Waals surface area contributed by atoms with E-state index in [1.165, 1.54) is 12.1 Å². The zero-order chi connectivity index (χ0) is 18.6. The molecule has 0 saturated heterocycles. The molecule has 3 aromatic rings. The number of benzene rings is 3. The lowest BCUT2D eigenvalue weighted by atomic mass is 9.80. The maximum atomic E-state index is 13.5. The molecular formula is C23H19FO2. The van der Waals surface area contributed by atoms with Gasteiger partial charge in [-0.15, -0.1) is 0 Å². The number of rotatable bonds is 5. The molecule has 3 aromatic carbocycles. The van der Waals surface area contributed by atoms with Crippen LogP contribution < -0.4 is 0 Å². The standard InChI is InChI=1S/C23H19FO2/c1-17(2)22(25)26-23(18-9-5-3-6-10-18,19-11-7-4-8-12-19)20-13-15-21(24)16-14-20/h3-16H,1H2,2H3. The Kier molecular flexibility index (Phi) is 4.99. The van der Waals surface area contributed by atoms with E-state index in [0.29, 0.717) is 11.1 Å².